The number of hydrogen-bond acceptors (Lipinski definition) is 3. The SMILES string of the molecule is CC[N+]1(C)CCCCC1.Cc1ccc(S(=O)(=O)[O-])cc1. The lowest BCUT2D eigenvalue weighted by atomic mass is 10.1. The van der Waals surface area contributed by atoms with Gasteiger partial charge in [-0.3, -0.25) is 0 Å². The van der Waals surface area contributed by atoms with Crippen molar-refractivity contribution in [3.63, 3.8) is 0 Å². The fourth-order valence-corrected chi connectivity index (χ4v) is 2.77. The zero-order valence-corrected chi connectivity index (χ0v) is 13.4. The maximum atomic E-state index is 10.4. The lowest BCUT2D eigenvalue weighted by Crippen LogP contribution is -2.47. The molecule has 1 fully saturated rings. The van der Waals surface area contributed by atoms with Gasteiger partial charge in [-0.25, -0.2) is 8.42 Å². The van der Waals surface area contributed by atoms with E-state index in [4.69, 9.17) is 0 Å². The molecule has 0 radical (unpaired) electrons. The first-order valence-electron chi connectivity index (χ1n) is 7.13. The van der Waals surface area contributed by atoms with Gasteiger partial charge in [0.2, 0.25) is 0 Å². The third-order valence-corrected chi connectivity index (χ3v) is 4.82. The molecule has 1 aliphatic rings. The van der Waals surface area contributed by atoms with Crippen LogP contribution in [-0.2, 0) is 10.1 Å². The van der Waals surface area contributed by atoms with E-state index < -0.39 is 10.1 Å². The Labute approximate surface area is 122 Å². The van der Waals surface area contributed by atoms with Crippen LogP contribution in [0.3, 0.4) is 0 Å². The third kappa shape index (κ3) is 5.61. The maximum Gasteiger partial charge on any atom is 0.124 e. The zero-order chi connectivity index (χ0) is 15.2. The second-order valence-corrected chi connectivity index (χ2v) is 7.09. The van der Waals surface area contributed by atoms with Gasteiger partial charge in [0.05, 0.1) is 31.6 Å². The van der Waals surface area contributed by atoms with Crippen molar-refractivity contribution in [1.29, 1.82) is 0 Å². The molecule has 5 heteroatoms. The van der Waals surface area contributed by atoms with E-state index in [0.29, 0.717) is 0 Å². The molecule has 0 atom stereocenters. The molecule has 1 saturated heterocycles. The van der Waals surface area contributed by atoms with Gasteiger partial charge in [-0.15, -0.1) is 0 Å². The maximum absolute atomic E-state index is 10.4. The molecule has 20 heavy (non-hydrogen) atoms. The molecule has 1 aliphatic heterocycles. The standard InChI is InChI=1S/C8H18N.C7H8O3S/c1-3-9(2)7-5-4-6-8-9;1-6-2-4-7(5-3-6)11(8,9)10/h3-8H2,1-2H3;2-5H,1H3,(H,8,9,10)/q+1;/p-1. The molecular formula is C15H25NO3S. The number of quaternary nitrogens is 1. The van der Waals surface area contributed by atoms with Crippen molar-refractivity contribution in [3.05, 3.63) is 29.8 Å². The van der Waals surface area contributed by atoms with Gasteiger partial charge in [0.25, 0.3) is 0 Å². The van der Waals surface area contributed by atoms with Gasteiger partial charge in [-0.2, -0.15) is 0 Å². The molecule has 0 aliphatic carbocycles. The van der Waals surface area contributed by atoms with Gasteiger partial charge >= 0.3 is 0 Å². The van der Waals surface area contributed by atoms with Crippen molar-refractivity contribution in [2.45, 2.75) is 38.0 Å². The Bertz CT molecular complexity index is 502. The fraction of sp³-hybridized carbons (Fsp3) is 0.600. The summed E-state index contributed by atoms with van der Waals surface area (Å²) in [7, 11) is -1.90. The van der Waals surface area contributed by atoms with Crippen molar-refractivity contribution in [3.8, 4) is 0 Å². The summed E-state index contributed by atoms with van der Waals surface area (Å²) in [4.78, 5) is -0.178. The molecule has 0 unspecified atom stereocenters. The second-order valence-electron chi connectivity index (χ2n) is 5.71. The number of benzene rings is 1. The average molecular weight is 299 g/mol. The van der Waals surface area contributed by atoms with E-state index >= 15 is 0 Å². The van der Waals surface area contributed by atoms with E-state index in [2.05, 4.69) is 14.0 Å². The highest BCUT2D eigenvalue weighted by Gasteiger charge is 2.21. The molecule has 0 N–H and O–H groups in total. The average Bonchev–Trinajstić information content (AvgIpc) is 2.40. The summed E-state index contributed by atoms with van der Waals surface area (Å²) in [5, 5.41) is 0. The number of aryl methyl sites for hydroxylation is 1. The van der Waals surface area contributed by atoms with Gasteiger partial charge in [0.1, 0.15) is 10.1 Å². The molecule has 0 aromatic heterocycles. The highest BCUT2D eigenvalue weighted by molar-refractivity contribution is 7.85. The van der Waals surface area contributed by atoms with E-state index in [0.717, 1.165) is 5.56 Å². The summed E-state index contributed by atoms with van der Waals surface area (Å²) in [6.45, 7) is 8.26. The Kier molecular flexibility index (Phi) is 6.17. The van der Waals surface area contributed by atoms with Crippen LogP contribution in [0.25, 0.3) is 0 Å². The first-order valence-corrected chi connectivity index (χ1v) is 8.54. The van der Waals surface area contributed by atoms with Crippen molar-refractivity contribution >= 4 is 10.1 Å². The summed E-state index contributed by atoms with van der Waals surface area (Å²) < 4.78 is 32.5. The molecular weight excluding hydrogens is 274 g/mol. The van der Waals surface area contributed by atoms with Gasteiger partial charge < -0.3 is 9.04 Å². The molecule has 0 spiro atoms. The summed E-state index contributed by atoms with van der Waals surface area (Å²) in [6, 6.07) is 5.78. The predicted octanol–water partition coefficient (Wildman–Crippen LogP) is 2.54. The monoisotopic (exact) mass is 299 g/mol. The second kappa shape index (κ2) is 7.20. The van der Waals surface area contributed by atoms with Crippen LogP contribution < -0.4 is 0 Å². The van der Waals surface area contributed by atoms with Crippen LogP contribution in [0, 0.1) is 6.92 Å². The molecule has 0 saturated carbocycles. The smallest absolute Gasteiger partial charge is 0.124 e. The van der Waals surface area contributed by atoms with Gasteiger partial charge in [-0.05, 0) is 45.2 Å². The molecule has 0 amide bonds. The Morgan fingerprint density at radius 1 is 1.10 bits per heavy atom. The van der Waals surface area contributed by atoms with Crippen molar-refractivity contribution in [2.75, 3.05) is 26.7 Å². The normalized spacial score (nSPS) is 18.0. The minimum atomic E-state index is -4.27. The number of rotatable bonds is 2. The molecule has 4 nitrogen and oxygen atoms in total. The number of hydrogen-bond donors (Lipinski definition) is 0. The van der Waals surface area contributed by atoms with Gasteiger partial charge in [-0.1, -0.05) is 17.7 Å². The topological polar surface area (TPSA) is 57.2 Å². The van der Waals surface area contributed by atoms with Crippen molar-refractivity contribution in [1.82, 2.24) is 0 Å². The number of likely N-dealkylation sites (tertiary alicyclic amines) is 1. The molecule has 2 rings (SSSR count). The minimum Gasteiger partial charge on any atom is -0.744 e. The summed E-state index contributed by atoms with van der Waals surface area (Å²) >= 11 is 0. The zero-order valence-electron chi connectivity index (χ0n) is 12.6. The quantitative estimate of drug-likeness (QED) is 0.623. The highest BCUT2D eigenvalue weighted by atomic mass is 32.2. The van der Waals surface area contributed by atoms with Crippen LogP contribution >= 0.6 is 0 Å². The highest BCUT2D eigenvalue weighted by Crippen LogP contribution is 2.14. The number of piperidine rings is 1. The third-order valence-electron chi connectivity index (χ3n) is 3.97. The summed E-state index contributed by atoms with van der Waals surface area (Å²) in [5.74, 6) is 0. The first kappa shape index (κ1) is 17.1. The Morgan fingerprint density at radius 2 is 1.60 bits per heavy atom. The first-order chi connectivity index (χ1) is 9.27. The van der Waals surface area contributed by atoms with Crippen LogP contribution in [-0.4, -0.2) is 44.1 Å². The van der Waals surface area contributed by atoms with Crippen LogP contribution in [0.1, 0.15) is 31.7 Å². The van der Waals surface area contributed by atoms with E-state index in [-0.39, 0.29) is 4.90 Å². The summed E-state index contributed by atoms with van der Waals surface area (Å²) in [5.41, 5.74) is 0.928. The van der Waals surface area contributed by atoms with Crippen LogP contribution in [0.2, 0.25) is 0 Å². The molecule has 1 heterocycles. The largest absolute Gasteiger partial charge is 0.744 e. The van der Waals surface area contributed by atoms with Crippen LogP contribution in [0.15, 0.2) is 29.2 Å². The number of nitrogens with zero attached hydrogens (tertiary/aromatic N) is 1. The predicted molar refractivity (Wildman–Crippen MR) is 79.5 cm³/mol. The van der Waals surface area contributed by atoms with Crippen molar-refractivity contribution in [2.24, 2.45) is 0 Å². The van der Waals surface area contributed by atoms with Gasteiger partial charge in [0.15, 0.2) is 0 Å². The molecule has 1 aromatic carbocycles. The van der Waals surface area contributed by atoms with E-state index in [1.54, 1.807) is 12.1 Å². The van der Waals surface area contributed by atoms with Crippen LogP contribution in [0.4, 0.5) is 0 Å². The summed E-state index contributed by atoms with van der Waals surface area (Å²) in [6.07, 6.45) is 4.36. The van der Waals surface area contributed by atoms with E-state index in [1.165, 1.54) is 55.5 Å². The fourth-order valence-electron chi connectivity index (χ4n) is 2.30. The Balaban J connectivity index is 0.000000204. The minimum absolute atomic E-state index is 0.178. The van der Waals surface area contributed by atoms with Crippen molar-refractivity contribution < 1.29 is 17.5 Å². The van der Waals surface area contributed by atoms with Gasteiger partial charge in [0, 0.05) is 0 Å². The molecule has 114 valence electrons. The Morgan fingerprint density at radius 3 is 1.95 bits per heavy atom. The lowest BCUT2D eigenvalue weighted by Gasteiger charge is -2.36. The molecule has 1 aromatic rings. The van der Waals surface area contributed by atoms with E-state index in [9.17, 15) is 13.0 Å². The lowest BCUT2D eigenvalue weighted by molar-refractivity contribution is -0.912. The van der Waals surface area contributed by atoms with E-state index in [1.807, 2.05) is 6.92 Å². The molecule has 0 bridgehead atoms. The Hall–Kier alpha value is -0.910. The van der Waals surface area contributed by atoms with Crippen LogP contribution in [0.5, 0.6) is 0 Å².